The van der Waals surface area contributed by atoms with Crippen LogP contribution in [0.5, 0.6) is 6.01 Å². The first-order valence-electron chi connectivity index (χ1n) is 15.4. The molecule has 2 fully saturated rings. The Hall–Kier alpha value is -4.38. The predicted molar refractivity (Wildman–Crippen MR) is 169 cm³/mol. The summed E-state index contributed by atoms with van der Waals surface area (Å²) in [6.07, 6.45) is 3.20. The Morgan fingerprint density at radius 2 is 1.93 bits per heavy atom. The third kappa shape index (κ3) is 6.01. The van der Waals surface area contributed by atoms with Crippen molar-refractivity contribution in [2.24, 2.45) is 0 Å². The fourth-order valence-corrected chi connectivity index (χ4v) is 6.83. The quantitative estimate of drug-likeness (QED) is 0.432. The van der Waals surface area contributed by atoms with Crippen LogP contribution in [0.15, 0.2) is 36.4 Å². The Kier molecular flexibility index (Phi) is 8.83. The highest BCUT2D eigenvalue weighted by atomic mass is 16.5. The predicted octanol–water partition coefficient (Wildman–Crippen LogP) is 2.90. The number of anilines is 2. The molecule has 2 saturated heterocycles. The molecule has 10 nitrogen and oxygen atoms in total. The molecule has 10 heteroatoms. The van der Waals surface area contributed by atoms with Gasteiger partial charge in [0.05, 0.1) is 30.8 Å². The molecule has 44 heavy (non-hydrogen) atoms. The van der Waals surface area contributed by atoms with Crippen LogP contribution in [-0.4, -0.2) is 95.9 Å². The van der Waals surface area contributed by atoms with Gasteiger partial charge in [-0.3, -0.25) is 4.79 Å². The van der Waals surface area contributed by atoms with Crippen LogP contribution >= 0.6 is 0 Å². The number of aliphatic hydroxyl groups excluding tert-OH is 1. The number of piperazine rings is 1. The average Bonchev–Trinajstić information content (AvgIpc) is 3.46. The van der Waals surface area contributed by atoms with Gasteiger partial charge >= 0.3 is 6.01 Å². The van der Waals surface area contributed by atoms with Crippen molar-refractivity contribution in [3.05, 3.63) is 53.2 Å². The minimum Gasteiger partial charge on any atom is -0.462 e. The molecule has 6 rings (SSSR count). The minimum absolute atomic E-state index is 0.182. The Morgan fingerprint density at radius 1 is 1.09 bits per heavy atom. The van der Waals surface area contributed by atoms with Crippen LogP contribution < -0.4 is 14.5 Å². The van der Waals surface area contributed by atoms with Gasteiger partial charge in [0.1, 0.15) is 19.0 Å². The molecule has 3 aliphatic rings. The third-order valence-electron chi connectivity index (χ3n) is 9.18. The van der Waals surface area contributed by atoms with Gasteiger partial charge in [-0.25, -0.2) is 0 Å². The van der Waals surface area contributed by atoms with Crippen LogP contribution in [0, 0.1) is 30.1 Å². The number of aliphatic hydroxyl groups is 1. The number of carbonyl (C=O) groups is 1. The number of fused-ring (bicyclic) bond motifs is 2. The summed E-state index contributed by atoms with van der Waals surface area (Å²) in [5.41, 5.74) is 4.49. The molecule has 0 radical (unpaired) electrons. The lowest BCUT2D eigenvalue weighted by Crippen LogP contribution is -2.55. The van der Waals surface area contributed by atoms with E-state index in [1.165, 1.54) is 22.0 Å². The van der Waals surface area contributed by atoms with Crippen molar-refractivity contribution in [2.45, 2.75) is 51.2 Å². The Bertz CT molecular complexity index is 1640. The van der Waals surface area contributed by atoms with Crippen molar-refractivity contribution in [3.8, 4) is 23.9 Å². The van der Waals surface area contributed by atoms with Crippen molar-refractivity contribution in [1.29, 1.82) is 5.26 Å². The zero-order chi connectivity index (χ0) is 30.6. The molecule has 3 aromatic rings. The molecule has 0 aliphatic carbocycles. The molecular weight excluding hydrogens is 554 g/mol. The number of hydrogen-bond donors (Lipinski definition) is 1. The number of likely N-dealkylation sites (N-methyl/N-ethyl adjacent to an activating group) is 1. The SMILES string of the molecule is Cc1cccc2cccc(N3CCc4c(nc(OC[C@H]5CCCN5C)nc4N4CCN(C(=O)C#CCO)[C@@H](CC#N)C4)C3)c12. The van der Waals surface area contributed by atoms with E-state index in [4.69, 9.17) is 19.8 Å². The maximum atomic E-state index is 12.8. The topological polar surface area (TPSA) is 109 Å². The van der Waals surface area contributed by atoms with Gasteiger partial charge in [-0.1, -0.05) is 36.3 Å². The largest absolute Gasteiger partial charge is 0.462 e. The van der Waals surface area contributed by atoms with E-state index in [0.29, 0.717) is 44.8 Å². The van der Waals surface area contributed by atoms with E-state index in [0.717, 1.165) is 49.4 Å². The summed E-state index contributed by atoms with van der Waals surface area (Å²) >= 11 is 0. The Labute approximate surface area is 258 Å². The van der Waals surface area contributed by atoms with Crippen LogP contribution in [-0.2, 0) is 17.8 Å². The highest BCUT2D eigenvalue weighted by Crippen LogP contribution is 2.36. The maximum absolute atomic E-state index is 12.8. The number of carbonyl (C=O) groups excluding carboxylic acids is 1. The summed E-state index contributed by atoms with van der Waals surface area (Å²) < 4.78 is 6.30. The molecule has 0 bridgehead atoms. The van der Waals surface area contributed by atoms with E-state index < -0.39 is 0 Å². The van der Waals surface area contributed by atoms with E-state index in [2.05, 4.69) is 83.0 Å². The van der Waals surface area contributed by atoms with Gasteiger partial charge in [-0.2, -0.15) is 15.2 Å². The number of likely N-dealkylation sites (tertiary alicyclic amines) is 1. The fraction of sp³-hybridized carbons (Fsp3) is 0.471. The number of aryl methyl sites for hydroxylation is 1. The van der Waals surface area contributed by atoms with Crippen molar-refractivity contribution in [3.63, 3.8) is 0 Å². The smallest absolute Gasteiger partial charge is 0.318 e. The molecule has 1 aromatic heterocycles. The van der Waals surface area contributed by atoms with Gasteiger partial charge in [0.2, 0.25) is 0 Å². The first kappa shape index (κ1) is 29.7. The number of hydrogen-bond acceptors (Lipinski definition) is 9. The van der Waals surface area contributed by atoms with Gasteiger partial charge < -0.3 is 29.4 Å². The normalized spacial score (nSPS) is 20.2. The van der Waals surface area contributed by atoms with E-state index >= 15 is 0 Å². The number of ether oxygens (including phenoxy) is 1. The molecule has 228 valence electrons. The molecule has 2 atom stereocenters. The number of benzene rings is 2. The Morgan fingerprint density at radius 3 is 2.70 bits per heavy atom. The number of rotatable bonds is 6. The van der Waals surface area contributed by atoms with E-state index in [-0.39, 0.29) is 25.0 Å². The molecule has 2 aromatic carbocycles. The van der Waals surface area contributed by atoms with Crippen molar-refractivity contribution < 1.29 is 14.6 Å². The Balaban J connectivity index is 1.33. The van der Waals surface area contributed by atoms with Gasteiger partial charge in [-0.15, -0.1) is 0 Å². The zero-order valence-corrected chi connectivity index (χ0v) is 25.5. The number of nitriles is 1. The van der Waals surface area contributed by atoms with Crippen molar-refractivity contribution >= 4 is 28.2 Å². The summed E-state index contributed by atoms with van der Waals surface area (Å²) in [7, 11) is 2.13. The minimum atomic E-state index is -0.378. The standard InChI is InChI=1S/C34H39N7O3/c1-24-7-3-8-25-9-4-11-30(32(24)25)39-17-14-28-29(22-39)36-34(44-23-27-10-5-16-38(27)2)37-33(28)40-18-19-41(26(21-40)13-15-35)31(43)12-6-20-42/h3-4,7-9,11,26-27,42H,5,10,13-14,16-23H2,1-2H3/t26-,27+/m0/s1. The first-order valence-corrected chi connectivity index (χ1v) is 15.4. The van der Waals surface area contributed by atoms with E-state index in [9.17, 15) is 10.1 Å². The molecule has 3 aliphatic heterocycles. The fourth-order valence-electron chi connectivity index (χ4n) is 6.83. The van der Waals surface area contributed by atoms with E-state index in [1.54, 1.807) is 4.90 Å². The second kappa shape index (κ2) is 13.1. The van der Waals surface area contributed by atoms with Crippen LogP contribution in [0.4, 0.5) is 11.5 Å². The highest BCUT2D eigenvalue weighted by molar-refractivity contribution is 5.97. The van der Waals surface area contributed by atoms with Crippen LogP contribution in [0.25, 0.3) is 10.8 Å². The first-order chi connectivity index (χ1) is 21.5. The molecule has 0 spiro atoms. The van der Waals surface area contributed by atoms with Gasteiger partial charge in [0.15, 0.2) is 0 Å². The number of amides is 1. The lowest BCUT2D eigenvalue weighted by atomic mass is 9.99. The zero-order valence-electron chi connectivity index (χ0n) is 25.5. The lowest BCUT2D eigenvalue weighted by Gasteiger charge is -2.41. The van der Waals surface area contributed by atoms with Crippen molar-refractivity contribution in [2.75, 3.05) is 62.8 Å². The van der Waals surface area contributed by atoms with Crippen LogP contribution in [0.1, 0.15) is 36.1 Å². The molecule has 0 unspecified atom stereocenters. The van der Waals surface area contributed by atoms with Gasteiger partial charge in [0.25, 0.3) is 5.91 Å². The molecule has 4 heterocycles. The lowest BCUT2D eigenvalue weighted by molar-refractivity contribution is -0.127. The van der Waals surface area contributed by atoms with Crippen molar-refractivity contribution in [1.82, 2.24) is 19.8 Å². The number of nitrogens with zero attached hydrogens (tertiary/aromatic N) is 7. The average molecular weight is 594 g/mol. The highest BCUT2D eigenvalue weighted by Gasteiger charge is 2.34. The summed E-state index contributed by atoms with van der Waals surface area (Å²) in [6.45, 7) is 6.25. The third-order valence-corrected chi connectivity index (χ3v) is 9.18. The second-order valence-corrected chi connectivity index (χ2v) is 11.9. The van der Waals surface area contributed by atoms with Gasteiger partial charge in [0, 0.05) is 48.9 Å². The van der Waals surface area contributed by atoms with Crippen LogP contribution in [0.2, 0.25) is 0 Å². The van der Waals surface area contributed by atoms with E-state index in [1.807, 2.05) is 0 Å². The van der Waals surface area contributed by atoms with Gasteiger partial charge in [-0.05, 0) is 62.7 Å². The molecule has 1 N–H and O–H groups in total. The summed E-state index contributed by atoms with van der Waals surface area (Å²) in [4.78, 5) is 31.3. The maximum Gasteiger partial charge on any atom is 0.318 e. The van der Waals surface area contributed by atoms with Crippen LogP contribution in [0.3, 0.4) is 0 Å². The summed E-state index contributed by atoms with van der Waals surface area (Å²) in [5, 5.41) is 21.1. The molecule has 1 amide bonds. The monoisotopic (exact) mass is 593 g/mol. The molecule has 0 saturated carbocycles. The molecular formula is C34H39N7O3. The number of aromatic nitrogens is 2. The summed E-state index contributed by atoms with van der Waals surface area (Å²) in [6, 6.07) is 15.5. The summed E-state index contributed by atoms with van der Waals surface area (Å²) in [5.74, 6) is 5.40. The second-order valence-electron chi connectivity index (χ2n) is 11.9.